The smallest absolute Gasteiger partial charge is 0.243 e. The number of hydrogen-bond donors (Lipinski definition) is 1. The lowest BCUT2D eigenvalue weighted by atomic mass is 10.1. The van der Waals surface area contributed by atoms with Gasteiger partial charge in [-0.1, -0.05) is 23.7 Å². The summed E-state index contributed by atoms with van der Waals surface area (Å²) in [6.45, 7) is 1.85. The van der Waals surface area contributed by atoms with Gasteiger partial charge < -0.3 is 10.5 Å². The van der Waals surface area contributed by atoms with Gasteiger partial charge in [-0.25, -0.2) is 12.8 Å². The molecule has 0 unspecified atom stereocenters. The Morgan fingerprint density at radius 2 is 2.07 bits per heavy atom. The van der Waals surface area contributed by atoms with E-state index in [0.717, 1.165) is 10.4 Å². The molecule has 0 saturated carbocycles. The normalized spacial score (nSPS) is 17.4. The van der Waals surface area contributed by atoms with Crippen molar-refractivity contribution in [3.8, 4) is 5.75 Å². The molecule has 3 rings (SSSR count). The summed E-state index contributed by atoms with van der Waals surface area (Å²) in [5.74, 6) is -1.06. The molecule has 6 nitrogen and oxygen atoms in total. The van der Waals surface area contributed by atoms with Gasteiger partial charge in [0.25, 0.3) is 0 Å². The molecule has 1 amide bonds. The minimum atomic E-state index is -4.14. The summed E-state index contributed by atoms with van der Waals surface area (Å²) in [7, 11) is -2.92. The number of primary amides is 1. The quantitative estimate of drug-likeness (QED) is 0.817. The first-order valence-corrected chi connectivity index (χ1v) is 9.95. The summed E-state index contributed by atoms with van der Waals surface area (Å²) in [6, 6.07) is 6.47. The second-order valence-corrected chi connectivity index (χ2v) is 8.81. The van der Waals surface area contributed by atoms with Gasteiger partial charge >= 0.3 is 0 Å². The third-order valence-electron chi connectivity index (χ3n) is 4.39. The number of sulfonamides is 1. The Bertz CT molecular complexity index is 1010. The summed E-state index contributed by atoms with van der Waals surface area (Å²) in [5.41, 5.74) is 6.23. The van der Waals surface area contributed by atoms with E-state index in [-0.39, 0.29) is 21.6 Å². The number of nitrogens with two attached hydrogens (primary N) is 1. The van der Waals surface area contributed by atoms with E-state index in [2.05, 4.69) is 0 Å². The minimum Gasteiger partial charge on any atom is -0.489 e. The summed E-state index contributed by atoms with van der Waals surface area (Å²) in [5, 5.41) is 0.171. The summed E-state index contributed by atoms with van der Waals surface area (Å²) < 4.78 is 46.2. The zero-order valence-electron chi connectivity index (χ0n) is 14.6. The molecule has 2 aromatic carbocycles. The third kappa shape index (κ3) is 3.65. The Labute approximate surface area is 161 Å². The van der Waals surface area contributed by atoms with Crippen LogP contribution in [0.4, 0.5) is 4.39 Å². The zero-order chi connectivity index (χ0) is 19.9. The van der Waals surface area contributed by atoms with Gasteiger partial charge in [0, 0.05) is 19.0 Å². The van der Waals surface area contributed by atoms with E-state index < -0.39 is 27.8 Å². The van der Waals surface area contributed by atoms with Crippen molar-refractivity contribution < 1.29 is 22.3 Å². The maximum atomic E-state index is 13.6. The van der Waals surface area contributed by atoms with Crippen molar-refractivity contribution in [2.75, 3.05) is 7.05 Å². The molecule has 9 heteroatoms. The molecule has 1 heterocycles. The van der Waals surface area contributed by atoms with Crippen LogP contribution < -0.4 is 10.5 Å². The molecule has 1 aliphatic rings. The fraction of sp³-hybridized carbons (Fsp3) is 0.278. The highest BCUT2D eigenvalue weighted by Crippen LogP contribution is 2.39. The van der Waals surface area contributed by atoms with Crippen LogP contribution in [0, 0.1) is 5.82 Å². The van der Waals surface area contributed by atoms with Crippen molar-refractivity contribution in [1.82, 2.24) is 4.31 Å². The number of carbonyl (C=O) groups is 1. The number of carbonyl (C=O) groups excluding carboxylic acids is 1. The molecule has 0 bridgehead atoms. The summed E-state index contributed by atoms with van der Waals surface area (Å²) in [4.78, 5) is 11.9. The van der Waals surface area contributed by atoms with E-state index in [1.807, 2.05) is 6.92 Å². The number of likely N-dealkylation sites (N-methyl/N-ethyl adjacent to an activating group) is 1. The van der Waals surface area contributed by atoms with E-state index in [0.29, 0.717) is 17.7 Å². The van der Waals surface area contributed by atoms with Gasteiger partial charge in [-0.3, -0.25) is 4.79 Å². The number of amides is 1. The van der Waals surface area contributed by atoms with Crippen LogP contribution in [0.25, 0.3) is 0 Å². The van der Waals surface area contributed by atoms with E-state index in [4.69, 9.17) is 22.1 Å². The van der Waals surface area contributed by atoms with Crippen LogP contribution in [-0.4, -0.2) is 31.8 Å². The Balaban J connectivity index is 2.04. The van der Waals surface area contributed by atoms with Gasteiger partial charge in [0.15, 0.2) is 0 Å². The number of hydrogen-bond acceptors (Lipinski definition) is 4. The van der Waals surface area contributed by atoms with Crippen molar-refractivity contribution in [1.29, 1.82) is 0 Å². The molecular formula is C18H18ClFN2O4S. The van der Waals surface area contributed by atoms with Crippen LogP contribution in [0.5, 0.6) is 5.75 Å². The highest BCUT2D eigenvalue weighted by atomic mass is 35.5. The van der Waals surface area contributed by atoms with Crippen molar-refractivity contribution in [2.24, 2.45) is 5.73 Å². The number of fused-ring (bicyclic) bond motifs is 1. The lowest BCUT2D eigenvalue weighted by molar-refractivity contribution is -0.121. The first-order chi connectivity index (χ1) is 12.6. The molecule has 0 fully saturated rings. The number of nitrogens with zero attached hydrogens (tertiary/aromatic N) is 1. The lowest BCUT2D eigenvalue weighted by Crippen LogP contribution is -2.39. The van der Waals surface area contributed by atoms with E-state index in [1.54, 1.807) is 0 Å². The molecule has 0 radical (unpaired) electrons. The van der Waals surface area contributed by atoms with Crippen molar-refractivity contribution in [3.63, 3.8) is 0 Å². The standard InChI is InChI=1S/C18H18ClFN2O4S/c1-10-6-12-8-14(9-15(19)17(12)26-10)27(24,25)22(2)16(18(21)23)11-4-3-5-13(20)7-11/h3-5,7-10,16H,6H2,1-2H3,(H2,21,23)/t10-,16-/m1/s1. The van der Waals surface area contributed by atoms with Crippen LogP contribution in [0.1, 0.15) is 24.1 Å². The first kappa shape index (κ1) is 19.6. The molecule has 27 heavy (non-hydrogen) atoms. The molecule has 1 aliphatic heterocycles. The van der Waals surface area contributed by atoms with Gasteiger partial charge in [-0.2, -0.15) is 4.31 Å². The molecule has 144 valence electrons. The lowest BCUT2D eigenvalue weighted by Gasteiger charge is -2.25. The van der Waals surface area contributed by atoms with Gasteiger partial charge in [0.1, 0.15) is 23.7 Å². The van der Waals surface area contributed by atoms with Crippen molar-refractivity contribution in [3.05, 3.63) is 58.4 Å². The number of rotatable bonds is 5. The molecule has 0 spiro atoms. The summed E-state index contributed by atoms with van der Waals surface area (Å²) >= 11 is 6.18. The largest absolute Gasteiger partial charge is 0.489 e. The molecule has 2 N–H and O–H groups in total. The van der Waals surface area contributed by atoms with Crippen LogP contribution in [0.2, 0.25) is 5.02 Å². The Morgan fingerprint density at radius 3 is 2.70 bits per heavy atom. The maximum Gasteiger partial charge on any atom is 0.243 e. The Kier molecular flexibility index (Phi) is 5.16. The van der Waals surface area contributed by atoms with E-state index in [1.165, 1.54) is 37.4 Å². The highest BCUT2D eigenvalue weighted by Gasteiger charge is 2.35. The Hall–Kier alpha value is -2.16. The topological polar surface area (TPSA) is 89.7 Å². The predicted octanol–water partition coefficient (Wildman–Crippen LogP) is 2.65. The fourth-order valence-corrected chi connectivity index (χ4v) is 4.88. The second kappa shape index (κ2) is 7.10. The molecule has 0 aromatic heterocycles. The fourth-order valence-electron chi connectivity index (χ4n) is 3.14. The molecule has 2 aromatic rings. The Morgan fingerprint density at radius 1 is 1.37 bits per heavy atom. The predicted molar refractivity (Wildman–Crippen MR) is 98.5 cm³/mol. The van der Waals surface area contributed by atoms with Crippen LogP contribution >= 0.6 is 11.6 Å². The SMILES string of the molecule is C[C@@H]1Cc2cc(S(=O)(=O)N(C)[C@@H](C(N)=O)c3cccc(F)c3)cc(Cl)c2O1. The third-order valence-corrected chi connectivity index (χ3v) is 6.48. The van der Waals surface area contributed by atoms with Gasteiger partial charge in [0.2, 0.25) is 15.9 Å². The van der Waals surface area contributed by atoms with E-state index in [9.17, 15) is 17.6 Å². The molecule has 0 saturated heterocycles. The molecule has 2 atom stereocenters. The van der Waals surface area contributed by atoms with Gasteiger partial charge in [-0.05, 0) is 36.8 Å². The minimum absolute atomic E-state index is 0.0888. The first-order valence-electron chi connectivity index (χ1n) is 8.13. The number of benzene rings is 2. The van der Waals surface area contributed by atoms with Crippen molar-refractivity contribution in [2.45, 2.75) is 30.4 Å². The van der Waals surface area contributed by atoms with Crippen molar-refractivity contribution >= 4 is 27.5 Å². The summed E-state index contributed by atoms with van der Waals surface area (Å²) in [6.07, 6.45) is 0.407. The molecule has 0 aliphatic carbocycles. The van der Waals surface area contributed by atoms with Gasteiger partial charge in [0.05, 0.1) is 9.92 Å². The average molecular weight is 413 g/mol. The molecular weight excluding hydrogens is 395 g/mol. The monoisotopic (exact) mass is 412 g/mol. The van der Waals surface area contributed by atoms with Crippen LogP contribution in [0.3, 0.4) is 0 Å². The maximum absolute atomic E-state index is 13.6. The zero-order valence-corrected chi connectivity index (χ0v) is 16.2. The second-order valence-electron chi connectivity index (χ2n) is 6.41. The van der Waals surface area contributed by atoms with Crippen LogP contribution in [0.15, 0.2) is 41.3 Å². The number of halogens is 2. The number of ether oxygens (including phenoxy) is 1. The average Bonchev–Trinajstić information content (AvgIpc) is 2.95. The highest BCUT2D eigenvalue weighted by molar-refractivity contribution is 7.89. The van der Waals surface area contributed by atoms with Crippen LogP contribution in [-0.2, 0) is 21.2 Å². The van der Waals surface area contributed by atoms with Gasteiger partial charge in [-0.15, -0.1) is 0 Å². The van der Waals surface area contributed by atoms with E-state index >= 15 is 0 Å².